The van der Waals surface area contributed by atoms with Crippen LogP contribution in [0.5, 0.6) is 0 Å². The number of hydrogen-bond acceptors (Lipinski definition) is 3. The molecule has 0 saturated carbocycles. The quantitative estimate of drug-likeness (QED) is 0.792. The molecule has 1 aromatic carbocycles. The number of imidazole rings is 1. The van der Waals surface area contributed by atoms with Crippen LogP contribution in [0.3, 0.4) is 0 Å². The first-order valence-electron chi connectivity index (χ1n) is 6.16. The topological polar surface area (TPSA) is 38.1 Å². The predicted octanol–water partition coefficient (Wildman–Crippen LogP) is 3.20. The van der Waals surface area contributed by atoms with Crippen LogP contribution in [-0.4, -0.2) is 39.7 Å². The zero-order chi connectivity index (χ0) is 14.7. The molecule has 0 radical (unpaired) electrons. The summed E-state index contributed by atoms with van der Waals surface area (Å²) in [6.07, 6.45) is 3.65. The number of aromatic nitrogens is 2. The summed E-state index contributed by atoms with van der Waals surface area (Å²) in [5, 5.41) is 0.650. The van der Waals surface area contributed by atoms with E-state index in [2.05, 4.69) is 20.9 Å². The fraction of sp³-hybridized carbons (Fsp3) is 0.286. The van der Waals surface area contributed by atoms with Crippen molar-refractivity contribution in [1.82, 2.24) is 14.5 Å². The van der Waals surface area contributed by atoms with Crippen LogP contribution >= 0.6 is 27.7 Å². The summed E-state index contributed by atoms with van der Waals surface area (Å²) in [4.78, 5) is 17.9. The molecule has 1 aromatic heterocycles. The highest BCUT2D eigenvalue weighted by atomic mass is 79.9. The van der Waals surface area contributed by atoms with E-state index < -0.39 is 0 Å². The van der Waals surface area contributed by atoms with E-state index in [9.17, 15) is 4.79 Å². The van der Waals surface area contributed by atoms with Gasteiger partial charge in [-0.25, -0.2) is 4.98 Å². The second-order valence-corrected chi connectivity index (χ2v) is 6.77. The molecule has 0 aliphatic carbocycles. The van der Waals surface area contributed by atoms with Crippen LogP contribution in [0.2, 0.25) is 0 Å². The van der Waals surface area contributed by atoms with Gasteiger partial charge in [0.05, 0.1) is 5.25 Å². The van der Waals surface area contributed by atoms with Gasteiger partial charge in [0.25, 0.3) is 0 Å². The van der Waals surface area contributed by atoms with Gasteiger partial charge in [0.2, 0.25) is 5.91 Å². The van der Waals surface area contributed by atoms with E-state index in [0.717, 1.165) is 15.3 Å². The number of carbonyl (C=O) groups excluding carboxylic acids is 1. The molecule has 0 aliphatic heterocycles. The Morgan fingerprint density at radius 2 is 2.00 bits per heavy atom. The molecule has 0 saturated heterocycles. The van der Waals surface area contributed by atoms with Gasteiger partial charge < -0.3 is 4.90 Å². The Labute approximate surface area is 131 Å². The molecule has 0 aliphatic rings. The van der Waals surface area contributed by atoms with Gasteiger partial charge in [0.15, 0.2) is 5.16 Å². The average molecular weight is 354 g/mol. The zero-order valence-corrected chi connectivity index (χ0v) is 14.0. The lowest BCUT2D eigenvalue weighted by Gasteiger charge is -2.16. The average Bonchev–Trinajstić information content (AvgIpc) is 2.86. The molecule has 0 unspecified atom stereocenters. The van der Waals surface area contributed by atoms with E-state index in [4.69, 9.17) is 0 Å². The van der Waals surface area contributed by atoms with Crippen LogP contribution in [0.15, 0.2) is 46.3 Å². The van der Waals surface area contributed by atoms with Crippen molar-refractivity contribution in [3.63, 3.8) is 0 Å². The van der Waals surface area contributed by atoms with E-state index in [0.29, 0.717) is 0 Å². The van der Waals surface area contributed by atoms with Gasteiger partial charge in [0, 0.05) is 36.6 Å². The maximum atomic E-state index is 11.9. The first-order valence-corrected chi connectivity index (χ1v) is 7.83. The van der Waals surface area contributed by atoms with Crippen molar-refractivity contribution in [2.24, 2.45) is 0 Å². The first-order chi connectivity index (χ1) is 9.49. The number of thioether (sulfide) groups is 1. The number of nitrogens with zero attached hydrogens (tertiary/aromatic N) is 3. The third-order valence-electron chi connectivity index (χ3n) is 2.78. The molecule has 6 heteroatoms. The van der Waals surface area contributed by atoms with Gasteiger partial charge in [-0.05, 0) is 31.2 Å². The largest absolute Gasteiger partial charge is 0.348 e. The number of hydrogen-bond donors (Lipinski definition) is 0. The van der Waals surface area contributed by atoms with Crippen LogP contribution in [0, 0.1) is 0 Å². The summed E-state index contributed by atoms with van der Waals surface area (Å²) in [5.74, 6) is 0.0837. The Hall–Kier alpha value is -1.27. The Morgan fingerprint density at radius 3 is 2.60 bits per heavy atom. The Kier molecular flexibility index (Phi) is 4.88. The van der Waals surface area contributed by atoms with E-state index in [1.165, 1.54) is 11.8 Å². The van der Waals surface area contributed by atoms with Crippen molar-refractivity contribution in [2.75, 3.05) is 14.1 Å². The van der Waals surface area contributed by atoms with Crippen molar-refractivity contribution >= 4 is 33.6 Å². The standard InChI is InChI=1S/C14H16BrN3OS/c1-10(13(19)17(2)3)20-14-16-8-9-18(14)12-6-4-11(15)5-7-12/h4-10H,1-3H3/t10-/m0/s1. The first kappa shape index (κ1) is 15.1. The zero-order valence-electron chi connectivity index (χ0n) is 11.6. The fourth-order valence-electron chi connectivity index (χ4n) is 1.75. The van der Waals surface area contributed by atoms with Crippen LogP contribution in [-0.2, 0) is 4.79 Å². The van der Waals surface area contributed by atoms with Crippen LogP contribution in [0.25, 0.3) is 5.69 Å². The molecule has 4 nitrogen and oxygen atoms in total. The van der Waals surface area contributed by atoms with Crippen LogP contribution in [0.4, 0.5) is 0 Å². The molecule has 106 valence electrons. The van der Waals surface area contributed by atoms with Crippen molar-refractivity contribution in [1.29, 1.82) is 0 Å². The van der Waals surface area contributed by atoms with Gasteiger partial charge in [-0.2, -0.15) is 0 Å². The molecular weight excluding hydrogens is 338 g/mol. The number of halogens is 1. The Morgan fingerprint density at radius 1 is 1.35 bits per heavy atom. The number of amides is 1. The molecular formula is C14H16BrN3OS. The van der Waals surface area contributed by atoms with Crippen LogP contribution < -0.4 is 0 Å². The van der Waals surface area contributed by atoms with Crippen molar-refractivity contribution < 1.29 is 4.79 Å². The smallest absolute Gasteiger partial charge is 0.235 e. The predicted molar refractivity (Wildman–Crippen MR) is 85.3 cm³/mol. The van der Waals surface area contributed by atoms with E-state index >= 15 is 0 Å². The lowest BCUT2D eigenvalue weighted by Crippen LogP contribution is -2.29. The molecule has 0 spiro atoms. The van der Waals surface area contributed by atoms with Crippen molar-refractivity contribution in [3.05, 3.63) is 41.1 Å². The molecule has 20 heavy (non-hydrogen) atoms. The molecule has 1 amide bonds. The van der Waals surface area contributed by atoms with Gasteiger partial charge in [-0.3, -0.25) is 9.36 Å². The summed E-state index contributed by atoms with van der Waals surface area (Å²) in [5.41, 5.74) is 1.03. The third-order valence-corrected chi connectivity index (χ3v) is 4.38. The van der Waals surface area contributed by atoms with Gasteiger partial charge in [0.1, 0.15) is 0 Å². The molecule has 0 fully saturated rings. The van der Waals surface area contributed by atoms with Gasteiger partial charge in [-0.1, -0.05) is 27.7 Å². The van der Waals surface area contributed by atoms with Crippen LogP contribution in [0.1, 0.15) is 6.92 Å². The highest BCUT2D eigenvalue weighted by Gasteiger charge is 2.19. The normalized spacial score (nSPS) is 12.2. The lowest BCUT2D eigenvalue weighted by atomic mass is 10.3. The second kappa shape index (κ2) is 6.45. The highest BCUT2D eigenvalue weighted by Crippen LogP contribution is 2.25. The lowest BCUT2D eigenvalue weighted by molar-refractivity contribution is -0.127. The van der Waals surface area contributed by atoms with Crippen molar-refractivity contribution in [3.8, 4) is 5.69 Å². The van der Waals surface area contributed by atoms with E-state index in [-0.39, 0.29) is 11.2 Å². The fourth-order valence-corrected chi connectivity index (χ4v) is 3.04. The summed E-state index contributed by atoms with van der Waals surface area (Å²) in [7, 11) is 3.53. The minimum Gasteiger partial charge on any atom is -0.348 e. The Bertz CT molecular complexity index is 595. The SMILES string of the molecule is C[C@H](Sc1nccn1-c1ccc(Br)cc1)C(=O)N(C)C. The molecule has 2 aromatic rings. The summed E-state index contributed by atoms with van der Waals surface area (Å²) < 4.78 is 3.02. The number of carbonyl (C=O) groups is 1. The van der Waals surface area contributed by atoms with E-state index in [1.54, 1.807) is 25.2 Å². The molecule has 2 rings (SSSR count). The third kappa shape index (κ3) is 3.43. The Balaban J connectivity index is 2.21. The minimum atomic E-state index is -0.165. The molecule has 1 atom stereocenters. The number of benzene rings is 1. The molecule has 1 heterocycles. The van der Waals surface area contributed by atoms with Gasteiger partial charge >= 0.3 is 0 Å². The van der Waals surface area contributed by atoms with E-state index in [1.807, 2.05) is 42.0 Å². The number of rotatable bonds is 4. The summed E-state index contributed by atoms with van der Waals surface area (Å²) in [6.45, 7) is 1.90. The van der Waals surface area contributed by atoms with Crippen molar-refractivity contribution in [2.45, 2.75) is 17.3 Å². The minimum absolute atomic E-state index is 0.0837. The maximum absolute atomic E-state index is 11.9. The molecule has 0 bridgehead atoms. The molecule has 0 N–H and O–H groups in total. The summed E-state index contributed by atoms with van der Waals surface area (Å²) in [6, 6.07) is 7.98. The second-order valence-electron chi connectivity index (χ2n) is 4.55. The summed E-state index contributed by atoms with van der Waals surface area (Å²) >= 11 is 4.88. The maximum Gasteiger partial charge on any atom is 0.235 e. The monoisotopic (exact) mass is 353 g/mol. The highest BCUT2D eigenvalue weighted by molar-refractivity contribution is 9.10. The van der Waals surface area contributed by atoms with Gasteiger partial charge in [-0.15, -0.1) is 0 Å².